The fourth-order valence-electron chi connectivity index (χ4n) is 3.98. The molecule has 3 rings (SSSR count). The molecule has 8 heteroatoms. The predicted molar refractivity (Wildman–Crippen MR) is 133 cm³/mol. The number of aryl methyl sites for hydroxylation is 3. The summed E-state index contributed by atoms with van der Waals surface area (Å²) in [6, 6.07) is 19.5. The highest BCUT2D eigenvalue weighted by atomic mass is 32.2. The minimum Gasteiger partial charge on any atom is -0.369 e. The minimum atomic E-state index is -3.96. The Hall–Kier alpha value is -3.49. The quantitative estimate of drug-likeness (QED) is 0.490. The maximum absolute atomic E-state index is 13.7. The summed E-state index contributed by atoms with van der Waals surface area (Å²) in [6.45, 7) is 5.15. The van der Waals surface area contributed by atoms with Crippen LogP contribution in [0.1, 0.15) is 27.8 Å². The average molecular weight is 480 g/mol. The van der Waals surface area contributed by atoms with Gasteiger partial charge < -0.3 is 11.1 Å². The monoisotopic (exact) mass is 479 g/mol. The van der Waals surface area contributed by atoms with Crippen LogP contribution in [0.4, 0.5) is 5.69 Å². The molecule has 0 aliphatic carbocycles. The van der Waals surface area contributed by atoms with Crippen molar-refractivity contribution < 1.29 is 18.0 Å². The Morgan fingerprint density at radius 3 is 2.03 bits per heavy atom. The van der Waals surface area contributed by atoms with Crippen LogP contribution in [0.25, 0.3) is 0 Å². The zero-order valence-corrected chi connectivity index (χ0v) is 20.4. The summed E-state index contributed by atoms with van der Waals surface area (Å²) in [4.78, 5) is 24.2. The van der Waals surface area contributed by atoms with E-state index in [1.165, 1.54) is 4.31 Å². The number of benzene rings is 3. The van der Waals surface area contributed by atoms with E-state index in [1.807, 2.05) is 49.4 Å². The number of hydrogen-bond acceptors (Lipinski definition) is 4. The van der Waals surface area contributed by atoms with E-state index in [1.54, 1.807) is 38.1 Å². The lowest BCUT2D eigenvalue weighted by Crippen LogP contribution is -2.38. The molecule has 0 aromatic heterocycles. The summed E-state index contributed by atoms with van der Waals surface area (Å²) in [7, 11) is -3.96. The van der Waals surface area contributed by atoms with E-state index in [2.05, 4.69) is 5.32 Å². The van der Waals surface area contributed by atoms with E-state index >= 15 is 0 Å². The van der Waals surface area contributed by atoms with Crippen molar-refractivity contribution in [1.29, 1.82) is 0 Å². The number of nitrogens with zero attached hydrogens (tertiary/aromatic N) is 1. The maximum Gasteiger partial charge on any atom is 0.244 e. The van der Waals surface area contributed by atoms with Crippen molar-refractivity contribution in [1.82, 2.24) is 4.31 Å². The van der Waals surface area contributed by atoms with Crippen molar-refractivity contribution >= 4 is 27.5 Å². The lowest BCUT2D eigenvalue weighted by Gasteiger charge is -2.24. The van der Waals surface area contributed by atoms with E-state index in [-0.39, 0.29) is 24.4 Å². The summed E-state index contributed by atoms with van der Waals surface area (Å²) in [6.07, 6.45) is 0.104. The van der Waals surface area contributed by atoms with E-state index in [9.17, 15) is 18.0 Å². The van der Waals surface area contributed by atoms with Crippen molar-refractivity contribution in [2.24, 2.45) is 5.73 Å². The molecule has 0 heterocycles. The number of hydrogen-bond donors (Lipinski definition) is 2. The van der Waals surface area contributed by atoms with Crippen molar-refractivity contribution in [3.63, 3.8) is 0 Å². The SMILES string of the molecule is Cc1cc(C)c(S(=O)(=O)N(CC(=O)Nc2ccc(CC(N)=O)cc2)Cc2ccccc2)c(C)c1. The molecule has 3 aromatic carbocycles. The summed E-state index contributed by atoms with van der Waals surface area (Å²) < 4.78 is 28.7. The molecule has 2 amide bonds. The van der Waals surface area contributed by atoms with Crippen LogP contribution in [0.5, 0.6) is 0 Å². The van der Waals surface area contributed by atoms with Gasteiger partial charge in [0, 0.05) is 12.2 Å². The molecule has 3 N–H and O–H groups in total. The van der Waals surface area contributed by atoms with Gasteiger partial charge in [0.1, 0.15) is 0 Å². The third-order valence-corrected chi connectivity index (χ3v) is 7.44. The van der Waals surface area contributed by atoms with Gasteiger partial charge in [-0.1, -0.05) is 60.2 Å². The molecule has 0 bridgehead atoms. The van der Waals surface area contributed by atoms with Gasteiger partial charge in [-0.3, -0.25) is 9.59 Å². The molecule has 178 valence electrons. The largest absolute Gasteiger partial charge is 0.369 e. The highest BCUT2D eigenvalue weighted by molar-refractivity contribution is 7.89. The Kier molecular flexibility index (Phi) is 7.86. The van der Waals surface area contributed by atoms with Gasteiger partial charge in [-0.05, 0) is 55.2 Å². The summed E-state index contributed by atoms with van der Waals surface area (Å²) in [5.74, 6) is -0.912. The van der Waals surface area contributed by atoms with Gasteiger partial charge in [0.15, 0.2) is 0 Å². The van der Waals surface area contributed by atoms with Crippen LogP contribution in [0, 0.1) is 20.8 Å². The number of carbonyl (C=O) groups excluding carboxylic acids is 2. The van der Waals surface area contributed by atoms with Crippen LogP contribution < -0.4 is 11.1 Å². The first-order valence-corrected chi connectivity index (χ1v) is 12.3. The fraction of sp³-hybridized carbons (Fsp3) is 0.231. The predicted octanol–water partition coefficient (Wildman–Crippen LogP) is 3.47. The van der Waals surface area contributed by atoms with Gasteiger partial charge in [0.25, 0.3) is 0 Å². The van der Waals surface area contributed by atoms with Gasteiger partial charge in [-0.25, -0.2) is 8.42 Å². The molecule has 7 nitrogen and oxygen atoms in total. The van der Waals surface area contributed by atoms with E-state index in [0.29, 0.717) is 16.8 Å². The first-order chi connectivity index (χ1) is 16.1. The van der Waals surface area contributed by atoms with Gasteiger partial charge in [-0.2, -0.15) is 4.31 Å². The zero-order valence-electron chi connectivity index (χ0n) is 19.5. The molecule has 34 heavy (non-hydrogen) atoms. The van der Waals surface area contributed by atoms with Crippen molar-refractivity contribution in [2.45, 2.75) is 38.6 Å². The van der Waals surface area contributed by atoms with Crippen LogP contribution in [-0.2, 0) is 32.6 Å². The smallest absolute Gasteiger partial charge is 0.244 e. The molecule has 0 radical (unpaired) electrons. The van der Waals surface area contributed by atoms with Crippen molar-refractivity contribution in [3.8, 4) is 0 Å². The molecule has 0 atom stereocenters. The Labute approximate surface area is 200 Å². The second-order valence-electron chi connectivity index (χ2n) is 8.37. The Balaban J connectivity index is 1.87. The van der Waals surface area contributed by atoms with Crippen LogP contribution in [0.3, 0.4) is 0 Å². The number of nitrogens with one attached hydrogen (secondary N) is 1. The van der Waals surface area contributed by atoms with Gasteiger partial charge >= 0.3 is 0 Å². The zero-order chi connectivity index (χ0) is 24.9. The minimum absolute atomic E-state index is 0.0564. The number of rotatable bonds is 9. The number of nitrogens with two attached hydrogens (primary N) is 1. The number of anilines is 1. The molecule has 0 saturated carbocycles. The van der Waals surface area contributed by atoms with Crippen LogP contribution in [0.15, 0.2) is 71.6 Å². The molecular weight excluding hydrogens is 450 g/mol. The van der Waals surface area contributed by atoms with Gasteiger partial charge in [0.05, 0.1) is 17.9 Å². The Morgan fingerprint density at radius 1 is 0.882 bits per heavy atom. The Morgan fingerprint density at radius 2 is 1.47 bits per heavy atom. The molecule has 0 spiro atoms. The lowest BCUT2D eigenvalue weighted by atomic mass is 10.1. The molecule has 0 aliphatic rings. The highest BCUT2D eigenvalue weighted by Crippen LogP contribution is 2.26. The normalized spacial score (nSPS) is 11.4. The number of amides is 2. The molecule has 0 aliphatic heterocycles. The third kappa shape index (κ3) is 6.30. The molecule has 0 unspecified atom stereocenters. The first-order valence-electron chi connectivity index (χ1n) is 10.9. The third-order valence-electron chi connectivity index (χ3n) is 5.34. The highest BCUT2D eigenvalue weighted by Gasteiger charge is 2.30. The molecule has 0 fully saturated rings. The van der Waals surface area contributed by atoms with E-state index in [0.717, 1.165) is 16.7 Å². The molecule has 0 saturated heterocycles. The van der Waals surface area contributed by atoms with Crippen LogP contribution in [-0.4, -0.2) is 31.1 Å². The van der Waals surface area contributed by atoms with E-state index < -0.39 is 21.8 Å². The summed E-state index contributed by atoms with van der Waals surface area (Å²) in [5, 5.41) is 2.74. The lowest BCUT2D eigenvalue weighted by molar-refractivity contribution is -0.117. The standard InChI is InChI=1S/C26H29N3O4S/c1-18-13-19(2)26(20(3)14-18)34(32,33)29(16-22-7-5-4-6-8-22)17-25(31)28-23-11-9-21(10-12-23)15-24(27)30/h4-14H,15-17H2,1-3H3,(H2,27,30)(H,28,31). The molecule has 3 aromatic rings. The maximum atomic E-state index is 13.7. The topological polar surface area (TPSA) is 110 Å². The molecular formula is C26H29N3O4S. The number of sulfonamides is 1. The average Bonchev–Trinajstić information content (AvgIpc) is 2.74. The summed E-state index contributed by atoms with van der Waals surface area (Å²) in [5.41, 5.74) is 9.46. The van der Waals surface area contributed by atoms with Crippen molar-refractivity contribution in [3.05, 3.63) is 94.5 Å². The van der Waals surface area contributed by atoms with E-state index in [4.69, 9.17) is 5.73 Å². The number of primary amides is 1. The van der Waals surface area contributed by atoms with Crippen LogP contribution in [0.2, 0.25) is 0 Å². The second kappa shape index (κ2) is 10.6. The van der Waals surface area contributed by atoms with Gasteiger partial charge in [0.2, 0.25) is 21.8 Å². The second-order valence-corrected chi connectivity index (χ2v) is 10.2. The van der Waals surface area contributed by atoms with Crippen molar-refractivity contribution in [2.75, 3.05) is 11.9 Å². The fourth-order valence-corrected chi connectivity index (χ4v) is 5.78. The first kappa shape index (κ1) is 25.1. The Bertz CT molecular complexity index is 1260. The van der Waals surface area contributed by atoms with Gasteiger partial charge in [-0.15, -0.1) is 0 Å². The number of carbonyl (C=O) groups is 2. The summed E-state index contributed by atoms with van der Waals surface area (Å²) >= 11 is 0. The van der Waals surface area contributed by atoms with Crippen LogP contribution >= 0.6 is 0 Å².